The van der Waals surface area contributed by atoms with Crippen LogP contribution in [-0.4, -0.2) is 35.2 Å². The highest BCUT2D eigenvalue weighted by molar-refractivity contribution is 7.89. The van der Waals surface area contributed by atoms with E-state index in [2.05, 4.69) is 23.9 Å². The van der Waals surface area contributed by atoms with E-state index in [-0.39, 0.29) is 4.90 Å². The van der Waals surface area contributed by atoms with E-state index in [1.54, 1.807) is 31.3 Å². The predicted octanol–water partition coefficient (Wildman–Crippen LogP) is 1.61. The largest absolute Gasteiger partial charge is 0.494 e. The molecule has 20 heavy (non-hydrogen) atoms. The highest BCUT2D eigenvalue weighted by Gasteiger charge is 2.12. The quantitative estimate of drug-likeness (QED) is 0.680. The summed E-state index contributed by atoms with van der Waals surface area (Å²) in [4.78, 5) is 0.254. The first-order valence-corrected chi connectivity index (χ1v) is 8.31. The van der Waals surface area contributed by atoms with Crippen LogP contribution in [0.1, 0.15) is 20.3 Å². The number of nitrogens with one attached hydrogen (secondary N) is 2. The number of rotatable bonds is 9. The fraction of sp³-hybridized carbons (Fsp3) is 0.571. The zero-order valence-electron chi connectivity index (χ0n) is 12.3. The van der Waals surface area contributed by atoms with Crippen molar-refractivity contribution < 1.29 is 13.2 Å². The summed E-state index contributed by atoms with van der Waals surface area (Å²) in [6.07, 6.45) is 0.978. The Hall–Kier alpha value is -1.11. The molecule has 1 rings (SSSR count). The Morgan fingerprint density at radius 3 is 2.35 bits per heavy atom. The minimum Gasteiger partial charge on any atom is -0.494 e. The van der Waals surface area contributed by atoms with Gasteiger partial charge in [-0.1, -0.05) is 13.8 Å². The molecular formula is C14H24N2O3S. The van der Waals surface area contributed by atoms with Gasteiger partial charge < -0.3 is 10.1 Å². The number of ether oxygens (including phenoxy) is 1. The SMILES string of the molecule is CNCCNS(=O)(=O)c1ccc(OCCC(C)C)cc1. The first-order chi connectivity index (χ1) is 9.45. The summed E-state index contributed by atoms with van der Waals surface area (Å²) in [5.41, 5.74) is 0. The van der Waals surface area contributed by atoms with Crippen LogP contribution in [0, 0.1) is 5.92 Å². The van der Waals surface area contributed by atoms with Crippen LogP contribution in [0.4, 0.5) is 0 Å². The Bertz CT molecular complexity index is 484. The maximum Gasteiger partial charge on any atom is 0.240 e. The molecule has 0 aliphatic heterocycles. The highest BCUT2D eigenvalue weighted by atomic mass is 32.2. The third-order valence-electron chi connectivity index (χ3n) is 2.77. The lowest BCUT2D eigenvalue weighted by Gasteiger charge is -2.09. The minimum atomic E-state index is -3.43. The molecule has 0 saturated carbocycles. The molecule has 0 unspecified atom stereocenters. The van der Waals surface area contributed by atoms with Crippen LogP contribution in [0.2, 0.25) is 0 Å². The smallest absolute Gasteiger partial charge is 0.240 e. The highest BCUT2D eigenvalue weighted by Crippen LogP contribution is 2.16. The molecule has 2 N–H and O–H groups in total. The third kappa shape index (κ3) is 5.90. The number of sulfonamides is 1. The fourth-order valence-electron chi connectivity index (χ4n) is 1.52. The summed E-state index contributed by atoms with van der Waals surface area (Å²) in [5.74, 6) is 1.28. The Labute approximate surface area is 121 Å². The van der Waals surface area contributed by atoms with Crippen LogP contribution in [0.3, 0.4) is 0 Å². The summed E-state index contributed by atoms with van der Waals surface area (Å²) >= 11 is 0. The van der Waals surface area contributed by atoms with Crippen LogP contribution in [-0.2, 0) is 10.0 Å². The molecule has 1 aromatic rings. The first kappa shape index (κ1) is 16.9. The van der Waals surface area contributed by atoms with Gasteiger partial charge in [-0.05, 0) is 43.7 Å². The molecule has 0 atom stereocenters. The summed E-state index contributed by atoms with van der Waals surface area (Å²) < 4.78 is 32.0. The molecule has 0 aromatic heterocycles. The van der Waals surface area contributed by atoms with Gasteiger partial charge in [0, 0.05) is 13.1 Å². The van der Waals surface area contributed by atoms with Crippen molar-refractivity contribution in [1.29, 1.82) is 0 Å². The first-order valence-electron chi connectivity index (χ1n) is 6.83. The molecule has 114 valence electrons. The third-order valence-corrected chi connectivity index (χ3v) is 4.24. The van der Waals surface area contributed by atoms with Crippen LogP contribution in [0.15, 0.2) is 29.2 Å². The average molecular weight is 300 g/mol. The summed E-state index contributed by atoms with van der Waals surface area (Å²) in [6.45, 7) is 5.87. The maximum atomic E-state index is 11.9. The van der Waals surface area contributed by atoms with E-state index in [0.29, 0.717) is 31.4 Å². The van der Waals surface area contributed by atoms with E-state index in [1.165, 1.54) is 0 Å². The second kappa shape index (κ2) is 8.24. The Morgan fingerprint density at radius 2 is 1.80 bits per heavy atom. The molecule has 0 amide bonds. The van der Waals surface area contributed by atoms with Crippen LogP contribution >= 0.6 is 0 Å². The van der Waals surface area contributed by atoms with Gasteiger partial charge in [-0.15, -0.1) is 0 Å². The number of likely N-dealkylation sites (N-methyl/N-ethyl adjacent to an activating group) is 1. The zero-order valence-corrected chi connectivity index (χ0v) is 13.2. The number of hydrogen-bond acceptors (Lipinski definition) is 4. The normalized spacial score (nSPS) is 11.8. The van der Waals surface area contributed by atoms with E-state index >= 15 is 0 Å². The van der Waals surface area contributed by atoms with Gasteiger partial charge in [-0.2, -0.15) is 0 Å². The van der Waals surface area contributed by atoms with E-state index in [0.717, 1.165) is 6.42 Å². The van der Waals surface area contributed by atoms with Gasteiger partial charge in [-0.3, -0.25) is 0 Å². The molecule has 0 aliphatic rings. The Kier molecular flexibility index (Phi) is 6.98. The monoisotopic (exact) mass is 300 g/mol. The molecule has 0 saturated heterocycles. The van der Waals surface area contributed by atoms with E-state index in [9.17, 15) is 8.42 Å². The summed E-state index contributed by atoms with van der Waals surface area (Å²) in [7, 11) is -1.65. The zero-order chi connectivity index (χ0) is 15.0. The molecular weight excluding hydrogens is 276 g/mol. The molecule has 6 heteroatoms. The molecule has 0 radical (unpaired) electrons. The molecule has 1 aromatic carbocycles. The van der Waals surface area contributed by atoms with Gasteiger partial charge in [0.2, 0.25) is 10.0 Å². The molecule has 0 heterocycles. The van der Waals surface area contributed by atoms with Crippen molar-refractivity contribution in [2.75, 3.05) is 26.7 Å². The summed E-state index contributed by atoms with van der Waals surface area (Å²) in [5, 5.41) is 2.89. The second-order valence-electron chi connectivity index (χ2n) is 5.00. The number of hydrogen-bond donors (Lipinski definition) is 2. The second-order valence-corrected chi connectivity index (χ2v) is 6.77. The van der Waals surface area contributed by atoms with Crippen molar-refractivity contribution in [1.82, 2.24) is 10.0 Å². The average Bonchev–Trinajstić information content (AvgIpc) is 2.39. The van der Waals surface area contributed by atoms with Gasteiger partial charge >= 0.3 is 0 Å². The van der Waals surface area contributed by atoms with E-state index < -0.39 is 10.0 Å². The standard InChI is InChI=1S/C14H24N2O3S/c1-12(2)8-11-19-13-4-6-14(7-5-13)20(17,18)16-10-9-15-3/h4-7,12,15-16H,8-11H2,1-3H3. The lowest BCUT2D eigenvalue weighted by Crippen LogP contribution is -2.30. The van der Waals surface area contributed by atoms with Crippen LogP contribution in [0.25, 0.3) is 0 Å². The number of benzene rings is 1. The lowest BCUT2D eigenvalue weighted by molar-refractivity contribution is 0.289. The van der Waals surface area contributed by atoms with Crippen molar-refractivity contribution in [2.45, 2.75) is 25.2 Å². The Balaban J connectivity index is 2.56. The van der Waals surface area contributed by atoms with Crippen molar-refractivity contribution in [3.8, 4) is 5.75 Å². The van der Waals surface area contributed by atoms with Gasteiger partial charge in [0.15, 0.2) is 0 Å². The van der Waals surface area contributed by atoms with Gasteiger partial charge in [-0.25, -0.2) is 13.1 Å². The van der Waals surface area contributed by atoms with Crippen LogP contribution < -0.4 is 14.8 Å². The molecule has 0 spiro atoms. The Morgan fingerprint density at radius 1 is 1.15 bits per heavy atom. The van der Waals surface area contributed by atoms with Gasteiger partial charge in [0.1, 0.15) is 5.75 Å². The summed E-state index contributed by atoms with van der Waals surface area (Å²) in [6, 6.07) is 6.50. The maximum absolute atomic E-state index is 11.9. The molecule has 0 fully saturated rings. The van der Waals surface area contributed by atoms with Gasteiger partial charge in [0.05, 0.1) is 11.5 Å². The fourth-order valence-corrected chi connectivity index (χ4v) is 2.55. The molecule has 0 bridgehead atoms. The van der Waals surface area contributed by atoms with Crippen molar-refractivity contribution in [3.63, 3.8) is 0 Å². The molecule has 0 aliphatic carbocycles. The van der Waals surface area contributed by atoms with E-state index in [4.69, 9.17) is 4.74 Å². The molecule has 5 nitrogen and oxygen atoms in total. The van der Waals surface area contributed by atoms with Crippen molar-refractivity contribution in [3.05, 3.63) is 24.3 Å². The van der Waals surface area contributed by atoms with E-state index in [1.807, 2.05) is 0 Å². The topological polar surface area (TPSA) is 67.4 Å². The van der Waals surface area contributed by atoms with Gasteiger partial charge in [0.25, 0.3) is 0 Å². The minimum absolute atomic E-state index is 0.254. The predicted molar refractivity (Wildman–Crippen MR) is 80.5 cm³/mol. The van der Waals surface area contributed by atoms with Crippen LogP contribution in [0.5, 0.6) is 5.75 Å². The lowest BCUT2D eigenvalue weighted by atomic mass is 10.1. The van der Waals surface area contributed by atoms with Crippen molar-refractivity contribution in [2.24, 2.45) is 5.92 Å². The van der Waals surface area contributed by atoms with Crippen molar-refractivity contribution >= 4 is 10.0 Å².